The van der Waals surface area contributed by atoms with Gasteiger partial charge in [-0.15, -0.1) is 0 Å². The third kappa shape index (κ3) is 15.7. The molecule has 4 aromatic rings. The molecule has 2 atom stereocenters. The highest BCUT2D eigenvalue weighted by molar-refractivity contribution is 8.76. The Hall–Kier alpha value is -6.26. The van der Waals surface area contributed by atoms with E-state index < -0.39 is 35.8 Å². The number of nitrogens with zero attached hydrogens (tertiary/aromatic N) is 2. The normalized spacial score (nSPS) is 12.0. The highest BCUT2D eigenvalue weighted by Crippen LogP contribution is 2.24. The maximum atomic E-state index is 13.1. The molecule has 4 N–H and O–H groups in total. The molecule has 0 fully saturated rings. The molecule has 14 nitrogen and oxygen atoms in total. The average molecular weight is 825 g/mol. The number of amides is 4. The van der Waals surface area contributed by atoms with Gasteiger partial charge in [0.15, 0.2) is 0 Å². The largest absolute Gasteiger partial charge is 0.464 e. The predicted molar refractivity (Wildman–Crippen MR) is 225 cm³/mol. The fourth-order valence-electron chi connectivity index (χ4n) is 4.98. The summed E-state index contributed by atoms with van der Waals surface area (Å²) >= 11 is 0. The third-order valence-electron chi connectivity index (χ3n) is 7.87. The SMILES string of the molecule is CCOC(=O)[C@H](CSSC[C@H](NC(=O)c1ccc(/C=N/NC(=O)Cc2ccccc2)cc1)C(=O)OCC)NC(=O)c1ccc(/C=N/NC(=O)Cc2ccccc2)cc1. The summed E-state index contributed by atoms with van der Waals surface area (Å²) in [6, 6.07) is 29.4. The van der Waals surface area contributed by atoms with Gasteiger partial charge in [0.2, 0.25) is 11.8 Å². The van der Waals surface area contributed by atoms with Crippen molar-refractivity contribution >= 4 is 69.6 Å². The maximum absolute atomic E-state index is 13.1. The first-order valence-corrected chi connectivity index (χ1v) is 20.7. The van der Waals surface area contributed by atoms with Gasteiger partial charge in [0.1, 0.15) is 12.1 Å². The summed E-state index contributed by atoms with van der Waals surface area (Å²) in [6.07, 6.45) is 3.28. The standard InChI is InChI=1S/C42H44N6O8S2/c1-3-55-41(53)35(45-39(51)33-19-15-31(16-20-33)25-43-47-37(49)23-29-11-7-5-8-12-29)27-57-58-28-36(42(54)56-4-2)46-40(52)34-21-17-32(18-22-34)26-44-48-38(50)24-30-13-9-6-10-14-30/h5-22,25-26,35-36H,3-4,23-24,27-28H2,1-2H3,(H,45,51)(H,46,52)(H,47,49)(H,48,50)/b43-25+,44-26+/t35-,36-/m0/s1. The van der Waals surface area contributed by atoms with Crippen molar-refractivity contribution in [1.29, 1.82) is 0 Å². The van der Waals surface area contributed by atoms with E-state index in [1.165, 1.54) is 34.0 Å². The molecule has 0 spiro atoms. The zero-order valence-corrected chi connectivity index (χ0v) is 33.6. The number of carbonyl (C=O) groups is 6. The lowest BCUT2D eigenvalue weighted by molar-refractivity contribution is -0.145. The average Bonchev–Trinajstić information content (AvgIpc) is 3.22. The van der Waals surface area contributed by atoms with Crippen LogP contribution in [0.2, 0.25) is 0 Å². The fraction of sp³-hybridized carbons (Fsp3) is 0.238. The molecule has 0 aliphatic heterocycles. The van der Waals surface area contributed by atoms with Crippen LogP contribution < -0.4 is 21.5 Å². The Morgan fingerprint density at radius 2 is 0.914 bits per heavy atom. The summed E-state index contributed by atoms with van der Waals surface area (Å²) in [7, 11) is 2.42. The lowest BCUT2D eigenvalue weighted by Crippen LogP contribution is -2.44. The van der Waals surface area contributed by atoms with Gasteiger partial charge in [0.25, 0.3) is 11.8 Å². The van der Waals surface area contributed by atoms with E-state index in [-0.39, 0.29) is 60.5 Å². The molecule has 302 valence electrons. The van der Waals surface area contributed by atoms with Crippen LogP contribution in [-0.2, 0) is 41.5 Å². The van der Waals surface area contributed by atoms with Gasteiger partial charge in [0, 0.05) is 22.6 Å². The third-order valence-corrected chi connectivity index (χ3v) is 10.3. The van der Waals surface area contributed by atoms with E-state index in [2.05, 4.69) is 31.7 Å². The van der Waals surface area contributed by atoms with Crippen molar-refractivity contribution < 1.29 is 38.2 Å². The first-order valence-electron chi connectivity index (χ1n) is 18.3. The maximum Gasteiger partial charge on any atom is 0.329 e. The Morgan fingerprint density at radius 3 is 1.26 bits per heavy atom. The summed E-state index contributed by atoms with van der Waals surface area (Å²) in [5, 5.41) is 13.4. The van der Waals surface area contributed by atoms with Crippen LogP contribution in [0.25, 0.3) is 0 Å². The Kier molecular flexibility index (Phi) is 18.7. The molecule has 58 heavy (non-hydrogen) atoms. The number of carbonyl (C=O) groups excluding carboxylic acids is 6. The molecular formula is C42H44N6O8S2. The van der Waals surface area contributed by atoms with Crippen LogP contribution in [0.5, 0.6) is 0 Å². The van der Waals surface area contributed by atoms with Crippen LogP contribution in [0.4, 0.5) is 0 Å². The smallest absolute Gasteiger partial charge is 0.329 e. The molecule has 0 saturated carbocycles. The van der Waals surface area contributed by atoms with Gasteiger partial charge < -0.3 is 20.1 Å². The highest BCUT2D eigenvalue weighted by Gasteiger charge is 2.26. The molecule has 4 aromatic carbocycles. The van der Waals surface area contributed by atoms with E-state index in [0.29, 0.717) is 11.1 Å². The molecule has 0 unspecified atom stereocenters. The Labute approximate surface area is 344 Å². The molecule has 16 heteroatoms. The minimum atomic E-state index is -1.01. The second kappa shape index (κ2) is 24.4. The molecule has 0 bridgehead atoms. The van der Waals surface area contributed by atoms with Crippen molar-refractivity contribution in [2.45, 2.75) is 38.8 Å². The minimum Gasteiger partial charge on any atom is -0.464 e. The number of benzene rings is 4. The number of hydrogen-bond acceptors (Lipinski definition) is 12. The topological polar surface area (TPSA) is 194 Å². The van der Waals surface area contributed by atoms with E-state index in [1.54, 1.807) is 62.4 Å². The lowest BCUT2D eigenvalue weighted by atomic mass is 10.1. The lowest BCUT2D eigenvalue weighted by Gasteiger charge is -2.19. The van der Waals surface area contributed by atoms with Crippen molar-refractivity contribution in [2.24, 2.45) is 10.2 Å². The van der Waals surface area contributed by atoms with E-state index in [9.17, 15) is 28.8 Å². The van der Waals surface area contributed by atoms with Crippen molar-refractivity contribution in [2.75, 3.05) is 24.7 Å². The number of ether oxygens (including phenoxy) is 2. The van der Waals surface area contributed by atoms with Crippen molar-refractivity contribution in [3.8, 4) is 0 Å². The Bertz CT molecular complexity index is 1890. The van der Waals surface area contributed by atoms with E-state index >= 15 is 0 Å². The highest BCUT2D eigenvalue weighted by atomic mass is 33.1. The summed E-state index contributed by atoms with van der Waals surface area (Å²) in [6.45, 7) is 3.53. The summed E-state index contributed by atoms with van der Waals surface area (Å²) in [5.41, 5.74) is 8.52. The molecule has 4 amide bonds. The number of nitrogens with one attached hydrogen (secondary N) is 4. The van der Waals surface area contributed by atoms with Crippen LogP contribution in [0.1, 0.15) is 56.8 Å². The first-order chi connectivity index (χ1) is 28.1. The molecule has 4 rings (SSSR count). The van der Waals surface area contributed by atoms with Gasteiger partial charge in [0.05, 0.1) is 38.5 Å². The van der Waals surface area contributed by atoms with Crippen molar-refractivity contribution in [3.05, 3.63) is 143 Å². The first kappa shape index (κ1) is 44.5. The quantitative estimate of drug-likeness (QED) is 0.0306. The molecule has 0 heterocycles. The van der Waals surface area contributed by atoms with E-state index in [1.807, 2.05) is 60.7 Å². The van der Waals surface area contributed by atoms with Crippen LogP contribution in [0, 0.1) is 0 Å². The van der Waals surface area contributed by atoms with Crippen molar-refractivity contribution in [3.63, 3.8) is 0 Å². The van der Waals surface area contributed by atoms with Crippen LogP contribution in [0.15, 0.2) is 119 Å². The van der Waals surface area contributed by atoms with E-state index in [0.717, 1.165) is 11.1 Å². The zero-order chi connectivity index (χ0) is 41.5. The second-order valence-electron chi connectivity index (χ2n) is 12.3. The molecule has 0 aliphatic carbocycles. The number of esters is 2. The number of rotatable bonds is 21. The molecular weight excluding hydrogens is 781 g/mol. The summed E-state index contributed by atoms with van der Waals surface area (Å²) in [5.74, 6) is -2.61. The fourth-order valence-corrected chi connectivity index (χ4v) is 7.28. The minimum absolute atomic E-state index is 0.0991. The van der Waals surface area contributed by atoms with Crippen LogP contribution in [-0.4, -0.2) is 84.8 Å². The van der Waals surface area contributed by atoms with Gasteiger partial charge in [-0.25, -0.2) is 20.4 Å². The molecule has 0 saturated heterocycles. The predicted octanol–water partition coefficient (Wildman–Crippen LogP) is 4.48. The Balaban J connectivity index is 1.25. The second-order valence-corrected chi connectivity index (χ2v) is 14.8. The van der Waals surface area contributed by atoms with Gasteiger partial charge in [-0.05, 0) is 60.4 Å². The van der Waals surface area contributed by atoms with Crippen molar-refractivity contribution in [1.82, 2.24) is 21.5 Å². The van der Waals surface area contributed by atoms with Gasteiger partial charge in [-0.1, -0.05) is 107 Å². The van der Waals surface area contributed by atoms with Gasteiger partial charge in [-0.2, -0.15) is 10.2 Å². The van der Waals surface area contributed by atoms with E-state index in [4.69, 9.17) is 9.47 Å². The molecule has 0 radical (unpaired) electrons. The summed E-state index contributed by atoms with van der Waals surface area (Å²) < 4.78 is 10.4. The number of hydrogen-bond donors (Lipinski definition) is 4. The monoisotopic (exact) mass is 824 g/mol. The van der Waals surface area contributed by atoms with Crippen LogP contribution in [0.3, 0.4) is 0 Å². The van der Waals surface area contributed by atoms with Gasteiger partial charge >= 0.3 is 11.9 Å². The zero-order valence-electron chi connectivity index (χ0n) is 31.9. The Morgan fingerprint density at radius 1 is 0.552 bits per heavy atom. The number of hydrazone groups is 2. The molecule has 0 aliphatic rings. The summed E-state index contributed by atoms with van der Waals surface area (Å²) in [4.78, 5) is 76.1. The molecule has 0 aromatic heterocycles. The van der Waals surface area contributed by atoms with Gasteiger partial charge in [-0.3, -0.25) is 19.2 Å². The van der Waals surface area contributed by atoms with Crippen LogP contribution >= 0.6 is 21.6 Å².